The van der Waals surface area contributed by atoms with Gasteiger partial charge < -0.3 is 15.2 Å². The van der Waals surface area contributed by atoms with Gasteiger partial charge in [0.25, 0.3) is 5.91 Å². The highest BCUT2D eigenvalue weighted by Gasteiger charge is 2.16. The average molecular weight is 263 g/mol. The molecule has 0 fully saturated rings. The van der Waals surface area contributed by atoms with E-state index in [0.717, 1.165) is 6.54 Å². The number of thiophene rings is 1. The Morgan fingerprint density at radius 2 is 2.33 bits per heavy atom. The first-order chi connectivity index (χ1) is 8.61. The Morgan fingerprint density at radius 3 is 2.94 bits per heavy atom. The molecule has 0 aromatic carbocycles. The Morgan fingerprint density at radius 1 is 1.56 bits per heavy atom. The zero-order valence-corrected chi connectivity index (χ0v) is 11.4. The maximum atomic E-state index is 12.3. The number of nitrogen functional groups attached to an aromatic ring is 1. The van der Waals surface area contributed by atoms with Gasteiger partial charge in [-0.3, -0.25) is 4.79 Å². The number of carbonyl (C=O) groups excluding carboxylic acids is 1. The lowest BCUT2D eigenvalue weighted by molar-refractivity contribution is 0.0776. The first kappa shape index (κ1) is 12.7. The van der Waals surface area contributed by atoms with Crippen molar-refractivity contribution in [3.8, 4) is 0 Å². The van der Waals surface area contributed by atoms with Gasteiger partial charge in [-0.25, -0.2) is 0 Å². The van der Waals surface area contributed by atoms with E-state index in [0.29, 0.717) is 17.9 Å². The van der Waals surface area contributed by atoms with E-state index in [1.165, 1.54) is 4.88 Å². The van der Waals surface area contributed by atoms with E-state index >= 15 is 0 Å². The molecule has 0 atom stereocenters. The molecule has 0 aliphatic carbocycles. The fourth-order valence-corrected chi connectivity index (χ4v) is 2.63. The van der Waals surface area contributed by atoms with E-state index in [4.69, 9.17) is 5.73 Å². The van der Waals surface area contributed by atoms with Crippen LogP contribution in [0.2, 0.25) is 0 Å². The minimum absolute atomic E-state index is 0.00181. The van der Waals surface area contributed by atoms with Gasteiger partial charge in [0.2, 0.25) is 0 Å². The Bertz CT molecular complexity index is 530. The SMILES string of the molecule is CCn1cc(N)cc1C(=O)N(C)Cc1cccs1. The third-order valence-electron chi connectivity index (χ3n) is 2.80. The summed E-state index contributed by atoms with van der Waals surface area (Å²) in [7, 11) is 1.81. The van der Waals surface area contributed by atoms with Crippen LogP contribution >= 0.6 is 11.3 Å². The summed E-state index contributed by atoms with van der Waals surface area (Å²) in [4.78, 5) is 15.2. The molecule has 0 aliphatic heterocycles. The van der Waals surface area contributed by atoms with Crippen molar-refractivity contribution in [2.45, 2.75) is 20.0 Å². The second-order valence-corrected chi connectivity index (χ2v) is 5.22. The molecule has 2 rings (SSSR count). The fourth-order valence-electron chi connectivity index (χ4n) is 1.88. The van der Waals surface area contributed by atoms with Gasteiger partial charge in [0.05, 0.1) is 12.2 Å². The lowest BCUT2D eigenvalue weighted by atomic mass is 10.3. The molecule has 1 amide bonds. The molecule has 0 unspecified atom stereocenters. The quantitative estimate of drug-likeness (QED) is 0.921. The number of rotatable bonds is 4. The minimum atomic E-state index is 0.00181. The molecule has 4 nitrogen and oxygen atoms in total. The smallest absolute Gasteiger partial charge is 0.270 e. The van der Waals surface area contributed by atoms with Gasteiger partial charge in [-0.2, -0.15) is 0 Å². The van der Waals surface area contributed by atoms with Gasteiger partial charge in [-0.1, -0.05) is 6.07 Å². The predicted molar refractivity (Wildman–Crippen MR) is 74.6 cm³/mol. The van der Waals surface area contributed by atoms with Crippen molar-refractivity contribution in [2.75, 3.05) is 12.8 Å². The van der Waals surface area contributed by atoms with Crippen LogP contribution in [0.3, 0.4) is 0 Å². The molecule has 2 N–H and O–H groups in total. The Balaban J connectivity index is 2.15. The van der Waals surface area contributed by atoms with E-state index < -0.39 is 0 Å². The molecule has 0 aliphatic rings. The number of nitrogens with zero attached hydrogens (tertiary/aromatic N) is 2. The number of carbonyl (C=O) groups is 1. The van der Waals surface area contributed by atoms with Crippen LogP contribution in [0.25, 0.3) is 0 Å². The lowest BCUT2D eigenvalue weighted by Gasteiger charge is -2.17. The normalized spacial score (nSPS) is 10.6. The third kappa shape index (κ3) is 2.56. The Kier molecular flexibility index (Phi) is 3.72. The molecular formula is C13H17N3OS. The molecule has 0 spiro atoms. The Hall–Kier alpha value is -1.75. The number of anilines is 1. The number of amides is 1. The molecule has 0 radical (unpaired) electrons. The summed E-state index contributed by atoms with van der Waals surface area (Å²) in [5.74, 6) is 0.00181. The summed E-state index contributed by atoms with van der Waals surface area (Å²) in [6.07, 6.45) is 1.80. The van der Waals surface area contributed by atoms with Crippen molar-refractivity contribution in [3.63, 3.8) is 0 Å². The van der Waals surface area contributed by atoms with Gasteiger partial charge in [-0.15, -0.1) is 11.3 Å². The van der Waals surface area contributed by atoms with E-state index in [2.05, 4.69) is 0 Å². The van der Waals surface area contributed by atoms with E-state index in [1.54, 1.807) is 28.5 Å². The molecule has 18 heavy (non-hydrogen) atoms. The lowest BCUT2D eigenvalue weighted by Crippen LogP contribution is -2.27. The first-order valence-corrected chi connectivity index (χ1v) is 6.73. The molecule has 2 aromatic rings. The standard InChI is InChI=1S/C13H17N3OS/c1-3-16-8-10(14)7-12(16)13(17)15(2)9-11-5-4-6-18-11/h4-8H,3,9,14H2,1-2H3. The monoisotopic (exact) mass is 263 g/mol. The maximum Gasteiger partial charge on any atom is 0.270 e. The van der Waals surface area contributed by atoms with Crippen molar-refractivity contribution in [3.05, 3.63) is 40.3 Å². The van der Waals surface area contributed by atoms with Crippen LogP contribution in [0.4, 0.5) is 5.69 Å². The number of hydrogen-bond donors (Lipinski definition) is 1. The van der Waals surface area contributed by atoms with Crippen molar-refractivity contribution in [1.29, 1.82) is 0 Å². The summed E-state index contributed by atoms with van der Waals surface area (Å²) >= 11 is 1.65. The van der Waals surface area contributed by atoms with Crippen molar-refractivity contribution in [2.24, 2.45) is 0 Å². The minimum Gasteiger partial charge on any atom is -0.397 e. The predicted octanol–water partition coefficient (Wildman–Crippen LogP) is 2.42. The van der Waals surface area contributed by atoms with Crippen LogP contribution in [-0.4, -0.2) is 22.4 Å². The summed E-state index contributed by atoms with van der Waals surface area (Å²) in [5.41, 5.74) is 7.02. The highest BCUT2D eigenvalue weighted by molar-refractivity contribution is 7.09. The molecule has 0 saturated heterocycles. The van der Waals surface area contributed by atoms with Crippen molar-refractivity contribution < 1.29 is 4.79 Å². The molecule has 0 bridgehead atoms. The second-order valence-electron chi connectivity index (χ2n) is 4.19. The molecule has 2 heterocycles. The van der Waals surface area contributed by atoms with Gasteiger partial charge >= 0.3 is 0 Å². The Labute approximate surface area is 111 Å². The van der Waals surface area contributed by atoms with E-state index in [1.807, 2.05) is 36.1 Å². The summed E-state index contributed by atoms with van der Waals surface area (Å²) in [6.45, 7) is 3.37. The van der Waals surface area contributed by atoms with Crippen LogP contribution in [0, 0.1) is 0 Å². The van der Waals surface area contributed by atoms with Crippen LogP contribution in [-0.2, 0) is 13.1 Å². The van der Waals surface area contributed by atoms with Gasteiger partial charge in [-0.05, 0) is 24.4 Å². The number of aromatic nitrogens is 1. The maximum absolute atomic E-state index is 12.3. The van der Waals surface area contributed by atoms with E-state index in [-0.39, 0.29) is 5.91 Å². The molecule has 96 valence electrons. The van der Waals surface area contributed by atoms with Gasteiger partial charge in [0.1, 0.15) is 5.69 Å². The van der Waals surface area contributed by atoms with Crippen LogP contribution in [0.1, 0.15) is 22.3 Å². The zero-order chi connectivity index (χ0) is 13.1. The fraction of sp³-hybridized carbons (Fsp3) is 0.308. The highest BCUT2D eigenvalue weighted by Crippen LogP contribution is 2.16. The summed E-state index contributed by atoms with van der Waals surface area (Å²) < 4.78 is 1.88. The van der Waals surface area contributed by atoms with Crippen molar-refractivity contribution >= 4 is 22.9 Å². The van der Waals surface area contributed by atoms with Crippen LogP contribution in [0.15, 0.2) is 29.8 Å². The summed E-state index contributed by atoms with van der Waals surface area (Å²) in [5, 5.41) is 2.01. The van der Waals surface area contributed by atoms with Gasteiger partial charge in [0, 0.05) is 24.7 Å². The molecule has 0 saturated carbocycles. The molecule has 2 aromatic heterocycles. The molecule has 5 heteroatoms. The first-order valence-electron chi connectivity index (χ1n) is 5.85. The zero-order valence-electron chi connectivity index (χ0n) is 10.6. The number of aryl methyl sites for hydroxylation is 1. The van der Waals surface area contributed by atoms with Crippen LogP contribution < -0.4 is 5.73 Å². The second kappa shape index (κ2) is 5.27. The van der Waals surface area contributed by atoms with Gasteiger partial charge in [0.15, 0.2) is 0 Å². The highest BCUT2D eigenvalue weighted by atomic mass is 32.1. The topological polar surface area (TPSA) is 51.3 Å². The largest absolute Gasteiger partial charge is 0.397 e. The molecular weight excluding hydrogens is 246 g/mol. The summed E-state index contributed by atoms with van der Waals surface area (Å²) in [6, 6.07) is 5.75. The number of hydrogen-bond acceptors (Lipinski definition) is 3. The average Bonchev–Trinajstić information content (AvgIpc) is 2.97. The third-order valence-corrected chi connectivity index (χ3v) is 3.66. The van der Waals surface area contributed by atoms with E-state index in [9.17, 15) is 4.79 Å². The van der Waals surface area contributed by atoms with Crippen LogP contribution in [0.5, 0.6) is 0 Å². The van der Waals surface area contributed by atoms with Crippen molar-refractivity contribution in [1.82, 2.24) is 9.47 Å². The number of nitrogens with two attached hydrogens (primary N) is 1.